The smallest absolute Gasteiger partial charge is 0.234 e. The number of hydrogen-bond acceptors (Lipinski definition) is 3. The number of aryl methyl sites for hydroxylation is 1. The van der Waals surface area contributed by atoms with Crippen LogP contribution in [0, 0.1) is 12.3 Å². The van der Waals surface area contributed by atoms with Crippen LogP contribution in [0.15, 0.2) is 24.3 Å². The first-order chi connectivity index (χ1) is 9.52. The molecule has 1 saturated heterocycles. The Kier molecular flexibility index (Phi) is 4.23. The van der Waals surface area contributed by atoms with Crippen molar-refractivity contribution in [1.82, 2.24) is 5.32 Å². The van der Waals surface area contributed by atoms with Gasteiger partial charge in [-0.1, -0.05) is 36.8 Å². The quantitative estimate of drug-likeness (QED) is 0.857. The minimum Gasteiger partial charge on any atom is -0.384 e. The van der Waals surface area contributed by atoms with Crippen molar-refractivity contribution in [3.63, 3.8) is 0 Å². The van der Waals surface area contributed by atoms with Gasteiger partial charge in [-0.15, -0.1) is 0 Å². The average Bonchev–Trinajstić information content (AvgIpc) is 2.38. The van der Waals surface area contributed by atoms with Crippen molar-refractivity contribution in [1.29, 1.82) is 0 Å². The van der Waals surface area contributed by atoms with E-state index in [1.165, 1.54) is 0 Å². The lowest BCUT2D eigenvalue weighted by atomic mass is 9.66. The van der Waals surface area contributed by atoms with Crippen molar-refractivity contribution >= 4 is 11.8 Å². The fourth-order valence-corrected chi connectivity index (χ4v) is 3.16. The molecule has 0 saturated carbocycles. The van der Waals surface area contributed by atoms with Crippen molar-refractivity contribution < 1.29 is 14.3 Å². The van der Waals surface area contributed by atoms with Crippen LogP contribution in [0.3, 0.4) is 0 Å². The van der Waals surface area contributed by atoms with Gasteiger partial charge in [-0.05, 0) is 18.9 Å². The molecule has 0 aromatic heterocycles. The number of benzene rings is 1. The first kappa shape index (κ1) is 14.7. The number of amides is 2. The summed E-state index contributed by atoms with van der Waals surface area (Å²) in [7, 11) is 1.61. The summed E-state index contributed by atoms with van der Waals surface area (Å²) in [6, 6.07) is 7.91. The molecule has 0 aliphatic carbocycles. The number of carbonyl (C=O) groups is 2. The second-order valence-corrected chi connectivity index (χ2v) is 5.59. The highest BCUT2D eigenvalue weighted by Gasteiger charge is 2.48. The molecular formula is C16H21NO3. The van der Waals surface area contributed by atoms with E-state index in [2.05, 4.69) is 5.32 Å². The minimum atomic E-state index is -0.456. The molecule has 2 rings (SSSR count). The van der Waals surface area contributed by atoms with E-state index in [0.29, 0.717) is 13.0 Å². The Labute approximate surface area is 119 Å². The molecule has 1 aliphatic heterocycles. The van der Waals surface area contributed by atoms with Gasteiger partial charge in [-0.25, -0.2) is 0 Å². The molecule has 1 aromatic rings. The predicted molar refractivity (Wildman–Crippen MR) is 76.3 cm³/mol. The molecule has 20 heavy (non-hydrogen) atoms. The maximum Gasteiger partial charge on any atom is 0.234 e. The highest BCUT2D eigenvalue weighted by atomic mass is 16.5. The zero-order valence-electron chi connectivity index (χ0n) is 12.2. The fraction of sp³-hybridized carbons (Fsp3) is 0.500. The summed E-state index contributed by atoms with van der Waals surface area (Å²) < 4.78 is 5.32. The standard InChI is InChI=1S/C16H21NO3/c1-4-16(10-20-3)9-13(18)17-15(19)14(16)12-7-5-6-11(2)8-12/h5-8,14H,4,9-10H2,1-3H3,(H,17,18,19). The van der Waals surface area contributed by atoms with Crippen LogP contribution in [0.1, 0.15) is 36.8 Å². The van der Waals surface area contributed by atoms with Crippen LogP contribution in [-0.2, 0) is 14.3 Å². The Morgan fingerprint density at radius 2 is 2.15 bits per heavy atom. The third-order valence-electron chi connectivity index (χ3n) is 4.16. The molecule has 0 spiro atoms. The van der Waals surface area contributed by atoms with E-state index in [0.717, 1.165) is 17.5 Å². The lowest BCUT2D eigenvalue weighted by Gasteiger charge is -2.41. The van der Waals surface area contributed by atoms with E-state index in [1.54, 1.807) is 7.11 Å². The average molecular weight is 275 g/mol. The number of ether oxygens (including phenoxy) is 1. The van der Waals surface area contributed by atoms with E-state index < -0.39 is 5.41 Å². The van der Waals surface area contributed by atoms with E-state index in [-0.39, 0.29) is 17.7 Å². The van der Waals surface area contributed by atoms with Crippen molar-refractivity contribution in [3.8, 4) is 0 Å². The fourth-order valence-electron chi connectivity index (χ4n) is 3.16. The monoisotopic (exact) mass is 275 g/mol. The third-order valence-corrected chi connectivity index (χ3v) is 4.16. The lowest BCUT2D eigenvalue weighted by Crippen LogP contribution is -2.52. The molecule has 1 N–H and O–H groups in total. The lowest BCUT2D eigenvalue weighted by molar-refractivity contribution is -0.142. The molecule has 0 bridgehead atoms. The maximum atomic E-state index is 12.4. The predicted octanol–water partition coefficient (Wildman–Crippen LogP) is 2.17. The summed E-state index contributed by atoms with van der Waals surface area (Å²) in [5.74, 6) is -0.770. The summed E-state index contributed by atoms with van der Waals surface area (Å²) in [6.45, 7) is 4.41. The Morgan fingerprint density at radius 3 is 2.75 bits per heavy atom. The van der Waals surface area contributed by atoms with Gasteiger partial charge in [0.25, 0.3) is 0 Å². The molecule has 1 aliphatic rings. The van der Waals surface area contributed by atoms with Gasteiger partial charge in [0.2, 0.25) is 11.8 Å². The molecule has 4 nitrogen and oxygen atoms in total. The molecule has 108 valence electrons. The number of imide groups is 1. The Balaban J connectivity index is 2.49. The number of piperidine rings is 1. The van der Waals surface area contributed by atoms with Crippen LogP contribution in [0.25, 0.3) is 0 Å². The summed E-state index contributed by atoms with van der Waals surface area (Å²) >= 11 is 0. The number of carbonyl (C=O) groups excluding carboxylic acids is 2. The second kappa shape index (κ2) is 5.75. The van der Waals surface area contributed by atoms with Crippen LogP contribution in [-0.4, -0.2) is 25.5 Å². The Morgan fingerprint density at radius 1 is 1.40 bits per heavy atom. The van der Waals surface area contributed by atoms with Gasteiger partial charge in [0.05, 0.1) is 12.5 Å². The zero-order chi connectivity index (χ0) is 14.8. The van der Waals surface area contributed by atoms with Crippen LogP contribution in [0.5, 0.6) is 0 Å². The number of rotatable bonds is 4. The molecule has 2 amide bonds. The maximum absolute atomic E-state index is 12.4. The van der Waals surface area contributed by atoms with Crippen LogP contribution >= 0.6 is 0 Å². The molecule has 4 heteroatoms. The minimum absolute atomic E-state index is 0.210. The summed E-state index contributed by atoms with van der Waals surface area (Å²) in [5.41, 5.74) is 1.60. The highest BCUT2D eigenvalue weighted by molar-refractivity contribution is 6.02. The molecule has 1 fully saturated rings. The Bertz CT molecular complexity index is 526. The number of nitrogens with one attached hydrogen (secondary N) is 1. The van der Waals surface area contributed by atoms with Gasteiger partial charge in [0, 0.05) is 18.9 Å². The number of methoxy groups -OCH3 is 1. The molecule has 1 aromatic carbocycles. The summed E-state index contributed by atoms with van der Waals surface area (Å²) in [4.78, 5) is 24.2. The van der Waals surface area contributed by atoms with Gasteiger partial charge in [-0.2, -0.15) is 0 Å². The topological polar surface area (TPSA) is 55.4 Å². The highest BCUT2D eigenvalue weighted by Crippen LogP contribution is 2.44. The molecule has 2 atom stereocenters. The SMILES string of the molecule is CCC1(COC)CC(=O)NC(=O)C1c1cccc(C)c1. The van der Waals surface area contributed by atoms with E-state index in [4.69, 9.17) is 4.74 Å². The Hall–Kier alpha value is -1.68. The molecule has 1 heterocycles. The first-order valence-corrected chi connectivity index (χ1v) is 6.91. The largest absolute Gasteiger partial charge is 0.384 e. The molecule has 2 unspecified atom stereocenters. The summed E-state index contributed by atoms with van der Waals surface area (Å²) in [5, 5.41) is 2.46. The van der Waals surface area contributed by atoms with E-state index >= 15 is 0 Å². The molecule has 0 radical (unpaired) electrons. The second-order valence-electron chi connectivity index (χ2n) is 5.59. The van der Waals surface area contributed by atoms with Gasteiger partial charge in [0.15, 0.2) is 0 Å². The van der Waals surface area contributed by atoms with Gasteiger partial charge in [0.1, 0.15) is 0 Å². The van der Waals surface area contributed by atoms with Crippen LogP contribution < -0.4 is 5.32 Å². The van der Waals surface area contributed by atoms with Crippen LogP contribution in [0.4, 0.5) is 0 Å². The van der Waals surface area contributed by atoms with E-state index in [1.807, 2.05) is 38.1 Å². The van der Waals surface area contributed by atoms with Crippen molar-refractivity contribution in [2.75, 3.05) is 13.7 Å². The zero-order valence-corrected chi connectivity index (χ0v) is 12.2. The van der Waals surface area contributed by atoms with Crippen molar-refractivity contribution in [3.05, 3.63) is 35.4 Å². The summed E-state index contributed by atoms with van der Waals surface area (Å²) in [6.07, 6.45) is 1.04. The normalized spacial score (nSPS) is 26.4. The van der Waals surface area contributed by atoms with Gasteiger partial charge >= 0.3 is 0 Å². The van der Waals surface area contributed by atoms with Crippen LogP contribution in [0.2, 0.25) is 0 Å². The van der Waals surface area contributed by atoms with Gasteiger partial charge in [-0.3, -0.25) is 14.9 Å². The van der Waals surface area contributed by atoms with Crippen molar-refractivity contribution in [2.24, 2.45) is 5.41 Å². The first-order valence-electron chi connectivity index (χ1n) is 6.91. The molecular weight excluding hydrogens is 254 g/mol. The van der Waals surface area contributed by atoms with Gasteiger partial charge < -0.3 is 4.74 Å². The third kappa shape index (κ3) is 2.61. The number of hydrogen-bond donors (Lipinski definition) is 1. The van der Waals surface area contributed by atoms with E-state index in [9.17, 15) is 9.59 Å². The van der Waals surface area contributed by atoms with Crippen molar-refractivity contribution in [2.45, 2.75) is 32.6 Å².